The molecule has 2 amide bonds. The van der Waals surface area contributed by atoms with Gasteiger partial charge in [-0.25, -0.2) is 5.43 Å². The van der Waals surface area contributed by atoms with Gasteiger partial charge in [0, 0.05) is 17.5 Å². The van der Waals surface area contributed by atoms with E-state index in [1.165, 1.54) is 0 Å². The number of amides is 2. The number of anilines is 1. The van der Waals surface area contributed by atoms with E-state index in [0.29, 0.717) is 5.69 Å². The Labute approximate surface area is 135 Å². The van der Waals surface area contributed by atoms with E-state index < -0.39 is 9.70 Å². The van der Waals surface area contributed by atoms with E-state index in [9.17, 15) is 9.59 Å². The largest absolute Gasteiger partial charge is 0.322 e. The van der Waals surface area contributed by atoms with Crippen molar-refractivity contribution in [2.45, 2.75) is 10.2 Å². The highest BCUT2D eigenvalue weighted by Crippen LogP contribution is 2.43. The standard InChI is InChI=1S/C13H10Cl3N3O2/c14-13(15,16)12(21)17-7-3-1-6(2-4-7)10-8-5-9(8)11(20)19-18-10/h1-4,8-9H,5H2,(H,17,21)(H,19,20). The topological polar surface area (TPSA) is 70.6 Å². The van der Waals surface area contributed by atoms with Crippen LogP contribution in [-0.4, -0.2) is 21.3 Å². The Morgan fingerprint density at radius 1 is 1.24 bits per heavy atom. The van der Waals surface area contributed by atoms with Crippen molar-refractivity contribution in [3.63, 3.8) is 0 Å². The number of nitrogens with zero attached hydrogens (tertiary/aromatic N) is 1. The lowest BCUT2D eigenvalue weighted by Gasteiger charge is -2.13. The van der Waals surface area contributed by atoms with E-state index >= 15 is 0 Å². The molecule has 0 saturated heterocycles. The van der Waals surface area contributed by atoms with Crippen LogP contribution in [0.2, 0.25) is 0 Å². The highest BCUT2D eigenvalue weighted by molar-refractivity contribution is 6.76. The van der Waals surface area contributed by atoms with Crippen LogP contribution in [-0.2, 0) is 9.59 Å². The Kier molecular flexibility index (Phi) is 3.59. The number of alkyl halides is 3. The predicted molar refractivity (Wildman–Crippen MR) is 81.6 cm³/mol. The fourth-order valence-electron chi connectivity index (χ4n) is 2.27. The van der Waals surface area contributed by atoms with Gasteiger partial charge >= 0.3 is 0 Å². The molecule has 1 aromatic rings. The van der Waals surface area contributed by atoms with Crippen LogP contribution in [0.5, 0.6) is 0 Å². The van der Waals surface area contributed by atoms with E-state index in [4.69, 9.17) is 34.8 Å². The minimum Gasteiger partial charge on any atom is -0.322 e. The molecule has 2 unspecified atom stereocenters. The molecule has 1 aliphatic carbocycles. The van der Waals surface area contributed by atoms with Crippen LogP contribution in [0.3, 0.4) is 0 Å². The molecular formula is C13H10Cl3N3O2. The summed E-state index contributed by atoms with van der Waals surface area (Å²) < 4.78 is -2.00. The third-order valence-electron chi connectivity index (χ3n) is 3.46. The fourth-order valence-corrected chi connectivity index (χ4v) is 2.41. The summed E-state index contributed by atoms with van der Waals surface area (Å²) in [6.45, 7) is 0. The number of carbonyl (C=O) groups excluding carboxylic acids is 2. The van der Waals surface area contributed by atoms with Crippen molar-refractivity contribution >= 4 is 58.0 Å². The summed E-state index contributed by atoms with van der Waals surface area (Å²) in [4.78, 5) is 22.9. The zero-order valence-electron chi connectivity index (χ0n) is 10.6. The SMILES string of the molecule is O=C1NN=C(c2ccc(NC(=O)C(Cl)(Cl)Cl)cc2)C2CC12. The Balaban J connectivity index is 1.73. The molecule has 1 aromatic carbocycles. The molecule has 0 aromatic heterocycles. The molecule has 0 spiro atoms. The molecule has 2 N–H and O–H groups in total. The van der Waals surface area contributed by atoms with Gasteiger partial charge in [0.2, 0.25) is 5.91 Å². The van der Waals surface area contributed by atoms with Crippen LogP contribution in [0, 0.1) is 11.8 Å². The minimum atomic E-state index is -2.00. The first-order valence-electron chi connectivity index (χ1n) is 6.22. The summed E-state index contributed by atoms with van der Waals surface area (Å²) in [6, 6.07) is 7.00. The molecule has 1 fully saturated rings. The van der Waals surface area contributed by atoms with E-state index in [1.54, 1.807) is 24.3 Å². The smallest absolute Gasteiger partial charge is 0.276 e. The molecular weight excluding hydrogens is 337 g/mol. The molecule has 1 saturated carbocycles. The lowest BCUT2D eigenvalue weighted by molar-refractivity contribution is -0.122. The average molecular weight is 347 g/mol. The number of halogens is 3. The predicted octanol–water partition coefficient (Wildman–Crippen LogP) is 2.47. The summed E-state index contributed by atoms with van der Waals surface area (Å²) in [6.07, 6.45) is 0.830. The molecule has 2 aliphatic rings. The number of benzene rings is 1. The van der Waals surface area contributed by atoms with E-state index in [-0.39, 0.29) is 17.7 Å². The zero-order chi connectivity index (χ0) is 15.2. The lowest BCUT2D eigenvalue weighted by atomic mass is 10.0. The normalized spacial score (nSPS) is 23.8. The van der Waals surface area contributed by atoms with Crippen molar-refractivity contribution in [1.29, 1.82) is 0 Å². The van der Waals surface area contributed by atoms with E-state index in [0.717, 1.165) is 17.7 Å². The van der Waals surface area contributed by atoms with Gasteiger partial charge in [-0.1, -0.05) is 46.9 Å². The third kappa shape index (κ3) is 3.00. The molecule has 5 nitrogen and oxygen atoms in total. The summed E-state index contributed by atoms with van der Waals surface area (Å²) in [5.74, 6) is -0.498. The monoisotopic (exact) mass is 345 g/mol. The molecule has 1 heterocycles. The summed E-state index contributed by atoms with van der Waals surface area (Å²) in [7, 11) is 0. The Morgan fingerprint density at radius 3 is 2.52 bits per heavy atom. The Morgan fingerprint density at radius 2 is 1.90 bits per heavy atom. The van der Waals surface area contributed by atoms with Crippen LogP contribution < -0.4 is 10.7 Å². The van der Waals surface area contributed by atoms with Crippen LogP contribution in [0.4, 0.5) is 5.69 Å². The maximum absolute atomic E-state index is 11.5. The van der Waals surface area contributed by atoms with Gasteiger partial charge in [-0.05, 0) is 24.1 Å². The first kappa shape index (κ1) is 14.6. The second kappa shape index (κ2) is 5.16. The quantitative estimate of drug-likeness (QED) is 0.808. The van der Waals surface area contributed by atoms with Gasteiger partial charge in [-0.15, -0.1) is 0 Å². The highest BCUT2D eigenvalue weighted by Gasteiger charge is 2.49. The third-order valence-corrected chi connectivity index (χ3v) is 3.98. The van der Waals surface area contributed by atoms with Crippen LogP contribution in [0.15, 0.2) is 29.4 Å². The Hall–Kier alpha value is -1.30. The lowest BCUT2D eigenvalue weighted by Crippen LogP contribution is -2.29. The maximum atomic E-state index is 11.5. The first-order valence-corrected chi connectivity index (χ1v) is 7.35. The van der Waals surface area contributed by atoms with Gasteiger partial charge in [-0.3, -0.25) is 9.59 Å². The van der Waals surface area contributed by atoms with Gasteiger partial charge in [0.1, 0.15) is 0 Å². The van der Waals surface area contributed by atoms with Gasteiger partial charge in [0.05, 0.1) is 5.71 Å². The molecule has 3 rings (SSSR count). The maximum Gasteiger partial charge on any atom is 0.276 e. The van der Waals surface area contributed by atoms with Gasteiger partial charge < -0.3 is 5.32 Å². The van der Waals surface area contributed by atoms with E-state index in [2.05, 4.69) is 15.8 Å². The van der Waals surface area contributed by atoms with Crippen molar-refractivity contribution in [2.75, 3.05) is 5.32 Å². The van der Waals surface area contributed by atoms with Gasteiger partial charge in [-0.2, -0.15) is 5.10 Å². The molecule has 21 heavy (non-hydrogen) atoms. The number of carbonyl (C=O) groups is 2. The minimum absolute atomic E-state index is 0.0182. The highest BCUT2D eigenvalue weighted by atomic mass is 35.6. The van der Waals surface area contributed by atoms with Crippen molar-refractivity contribution in [2.24, 2.45) is 16.9 Å². The molecule has 0 radical (unpaired) electrons. The van der Waals surface area contributed by atoms with Gasteiger partial charge in [0.25, 0.3) is 9.70 Å². The number of hydrogen-bond acceptors (Lipinski definition) is 3. The number of rotatable bonds is 2. The molecule has 8 heteroatoms. The molecule has 110 valence electrons. The van der Waals surface area contributed by atoms with Crippen molar-refractivity contribution in [3.8, 4) is 0 Å². The van der Waals surface area contributed by atoms with Crippen molar-refractivity contribution < 1.29 is 9.59 Å². The zero-order valence-corrected chi connectivity index (χ0v) is 12.8. The molecule has 0 bridgehead atoms. The number of nitrogens with one attached hydrogen (secondary N) is 2. The number of fused-ring (bicyclic) bond motifs is 1. The van der Waals surface area contributed by atoms with Crippen LogP contribution >= 0.6 is 34.8 Å². The molecule has 1 aliphatic heterocycles. The summed E-state index contributed by atoms with van der Waals surface area (Å²) in [5, 5.41) is 6.60. The second-order valence-electron chi connectivity index (χ2n) is 4.95. The van der Waals surface area contributed by atoms with Crippen LogP contribution in [0.1, 0.15) is 12.0 Å². The van der Waals surface area contributed by atoms with Gasteiger partial charge in [0.15, 0.2) is 0 Å². The van der Waals surface area contributed by atoms with Crippen molar-refractivity contribution in [3.05, 3.63) is 29.8 Å². The first-order chi connectivity index (χ1) is 9.86. The Bertz CT molecular complexity index is 637. The number of hydrazone groups is 1. The van der Waals surface area contributed by atoms with Crippen LogP contribution in [0.25, 0.3) is 0 Å². The second-order valence-corrected chi connectivity index (χ2v) is 7.23. The average Bonchev–Trinajstić information content (AvgIpc) is 3.20. The summed E-state index contributed by atoms with van der Waals surface area (Å²) >= 11 is 16.5. The van der Waals surface area contributed by atoms with E-state index in [1.807, 2.05) is 0 Å². The number of hydrogen-bond donors (Lipinski definition) is 2. The fraction of sp³-hybridized carbons (Fsp3) is 0.308. The summed E-state index contributed by atoms with van der Waals surface area (Å²) in [5.41, 5.74) is 4.79. The van der Waals surface area contributed by atoms with Crippen molar-refractivity contribution in [1.82, 2.24) is 5.43 Å². The molecule has 2 atom stereocenters.